The summed E-state index contributed by atoms with van der Waals surface area (Å²) in [5.41, 5.74) is 6.49. The van der Waals surface area contributed by atoms with Gasteiger partial charge in [0.05, 0.1) is 6.54 Å². The third-order valence-corrected chi connectivity index (χ3v) is 5.39. The van der Waals surface area contributed by atoms with Crippen molar-refractivity contribution in [2.45, 2.75) is 57.7 Å². The molecule has 2 N–H and O–H groups in total. The van der Waals surface area contributed by atoms with Crippen molar-refractivity contribution in [3.63, 3.8) is 0 Å². The zero-order valence-corrected chi connectivity index (χ0v) is 12.0. The molecule has 1 aliphatic carbocycles. The minimum absolute atomic E-state index is 0.226. The lowest BCUT2D eigenvalue weighted by Crippen LogP contribution is -2.61. The predicted molar refractivity (Wildman–Crippen MR) is 76.7 cm³/mol. The SMILES string of the molecule is CCC1CCCCC1(CN)N1CCn2ccnc2C1. The van der Waals surface area contributed by atoms with Gasteiger partial charge in [-0.1, -0.05) is 26.2 Å². The van der Waals surface area contributed by atoms with Gasteiger partial charge in [-0.15, -0.1) is 0 Å². The normalized spacial score (nSPS) is 32.2. The van der Waals surface area contributed by atoms with Gasteiger partial charge in [0, 0.05) is 37.6 Å². The number of aromatic nitrogens is 2. The van der Waals surface area contributed by atoms with Crippen molar-refractivity contribution in [3.05, 3.63) is 18.2 Å². The lowest BCUT2D eigenvalue weighted by molar-refractivity contribution is -0.0150. The van der Waals surface area contributed by atoms with E-state index in [-0.39, 0.29) is 5.54 Å². The lowest BCUT2D eigenvalue weighted by atomic mass is 9.70. The molecule has 1 aliphatic heterocycles. The van der Waals surface area contributed by atoms with Crippen molar-refractivity contribution in [2.24, 2.45) is 11.7 Å². The summed E-state index contributed by atoms with van der Waals surface area (Å²) in [7, 11) is 0. The summed E-state index contributed by atoms with van der Waals surface area (Å²) in [5, 5.41) is 0. The Labute approximate surface area is 116 Å². The van der Waals surface area contributed by atoms with E-state index in [1.54, 1.807) is 0 Å². The van der Waals surface area contributed by atoms with Gasteiger partial charge in [0.15, 0.2) is 0 Å². The maximum absolute atomic E-state index is 6.26. The maximum Gasteiger partial charge on any atom is 0.122 e. The van der Waals surface area contributed by atoms with Crippen LogP contribution in [0.4, 0.5) is 0 Å². The fourth-order valence-corrected chi connectivity index (χ4v) is 4.25. The third-order valence-electron chi connectivity index (χ3n) is 5.39. The molecule has 0 aromatic carbocycles. The Bertz CT molecular complexity index is 428. The van der Waals surface area contributed by atoms with Gasteiger partial charge in [0.2, 0.25) is 0 Å². The van der Waals surface area contributed by atoms with E-state index in [1.165, 1.54) is 37.9 Å². The van der Waals surface area contributed by atoms with Crippen LogP contribution in [0.25, 0.3) is 0 Å². The van der Waals surface area contributed by atoms with Gasteiger partial charge in [-0.25, -0.2) is 4.98 Å². The molecule has 0 saturated heterocycles. The van der Waals surface area contributed by atoms with E-state index >= 15 is 0 Å². The fraction of sp³-hybridized carbons (Fsp3) is 0.800. The van der Waals surface area contributed by atoms with Crippen LogP contribution in [-0.2, 0) is 13.1 Å². The largest absolute Gasteiger partial charge is 0.333 e. The highest BCUT2D eigenvalue weighted by Gasteiger charge is 2.44. The first kappa shape index (κ1) is 13.1. The molecule has 2 atom stereocenters. The molecule has 106 valence electrons. The molecular weight excluding hydrogens is 236 g/mol. The smallest absolute Gasteiger partial charge is 0.122 e. The quantitative estimate of drug-likeness (QED) is 0.906. The van der Waals surface area contributed by atoms with E-state index < -0.39 is 0 Å². The van der Waals surface area contributed by atoms with Crippen molar-refractivity contribution in [1.82, 2.24) is 14.5 Å². The highest BCUT2D eigenvalue weighted by atomic mass is 15.3. The minimum Gasteiger partial charge on any atom is -0.333 e. The highest BCUT2D eigenvalue weighted by Crippen LogP contribution is 2.41. The van der Waals surface area contributed by atoms with E-state index in [2.05, 4.69) is 27.6 Å². The Balaban J connectivity index is 1.86. The average Bonchev–Trinajstić information content (AvgIpc) is 2.94. The van der Waals surface area contributed by atoms with Crippen LogP contribution in [0.15, 0.2) is 12.4 Å². The number of nitrogens with two attached hydrogens (primary N) is 1. The van der Waals surface area contributed by atoms with Crippen molar-refractivity contribution in [3.8, 4) is 0 Å². The number of hydrogen-bond acceptors (Lipinski definition) is 3. The summed E-state index contributed by atoms with van der Waals surface area (Å²) in [4.78, 5) is 7.14. The molecule has 2 heterocycles. The van der Waals surface area contributed by atoms with Crippen LogP contribution < -0.4 is 5.73 Å². The third kappa shape index (κ3) is 2.11. The van der Waals surface area contributed by atoms with Gasteiger partial charge in [-0.3, -0.25) is 4.90 Å². The zero-order chi connectivity index (χ0) is 13.3. The van der Waals surface area contributed by atoms with Crippen LogP contribution in [0.5, 0.6) is 0 Å². The molecular formula is C15H26N4. The number of fused-ring (bicyclic) bond motifs is 1. The van der Waals surface area contributed by atoms with Gasteiger partial charge in [0.1, 0.15) is 5.82 Å². The van der Waals surface area contributed by atoms with Crippen molar-refractivity contribution < 1.29 is 0 Å². The van der Waals surface area contributed by atoms with E-state index in [4.69, 9.17) is 5.73 Å². The average molecular weight is 262 g/mol. The van der Waals surface area contributed by atoms with Gasteiger partial charge in [-0.05, 0) is 18.8 Å². The van der Waals surface area contributed by atoms with Crippen LogP contribution in [0.1, 0.15) is 44.9 Å². The highest BCUT2D eigenvalue weighted by molar-refractivity contribution is 5.04. The molecule has 1 aromatic rings. The Kier molecular flexibility index (Phi) is 3.63. The first-order valence-corrected chi connectivity index (χ1v) is 7.75. The summed E-state index contributed by atoms with van der Waals surface area (Å²) < 4.78 is 2.28. The van der Waals surface area contributed by atoms with Crippen LogP contribution >= 0.6 is 0 Å². The Morgan fingerprint density at radius 3 is 3.11 bits per heavy atom. The number of imidazole rings is 1. The molecule has 3 rings (SSSR count). The first-order valence-electron chi connectivity index (χ1n) is 7.75. The van der Waals surface area contributed by atoms with Crippen molar-refractivity contribution in [2.75, 3.05) is 13.1 Å². The number of rotatable bonds is 3. The van der Waals surface area contributed by atoms with E-state index in [0.29, 0.717) is 0 Å². The molecule has 4 nitrogen and oxygen atoms in total. The minimum atomic E-state index is 0.226. The first-order chi connectivity index (χ1) is 9.30. The molecule has 1 fully saturated rings. The topological polar surface area (TPSA) is 47.1 Å². The van der Waals surface area contributed by atoms with Crippen molar-refractivity contribution in [1.29, 1.82) is 0 Å². The molecule has 1 saturated carbocycles. The monoisotopic (exact) mass is 262 g/mol. The van der Waals surface area contributed by atoms with Crippen molar-refractivity contribution >= 4 is 0 Å². The molecule has 0 amide bonds. The predicted octanol–water partition coefficient (Wildman–Crippen LogP) is 2.00. The second-order valence-corrected chi connectivity index (χ2v) is 6.12. The van der Waals surface area contributed by atoms with Gasteiger partial charge < -0.3 is 10.3 Å². The molecule has 0 bridgehead atoms. The second kappa shape index (κ2) is 5.25. The van der Waals surface area contributed by atoms with E-state index in [9.17, 15) is 0 Å². The molecule has 0 radical (unpaired) electrons. The zero-order valence-electron chi connectivity index (χ0n) is 12.0. The summed E-state index contributed by atoms with van der Waals surface area (Å²) >= 11 is 0. The van der Waals surface area contributed by atoms with E-state index in [1.807, 2.05) is 6.20 Å². The van der Waals surface area contributed by atoms with Crippen LogP contribution in [0, 0.1) is 5.92 Å². The lowest BCUT2D eigenvalue weighted by Gasteiger charge is -2.52. The maximum atomic E-state index is 6.26. The molecule has 2 unspecified atom stereocenters. The molecule has 0 spiro atoms. The molecule has 2 aliphatic rings. The second-order valence-electron chi connectivity index (χ2n) is 6.12. The molecule has 4 heteroatoms. The summed E-state index contributed by atoms with van der Waals surface area (Å²) in [6.45, 7) is 6.28. The van der Waals surface area contributed by atoms with E-state index in [0.717, 1.165) is 32.1 Å². The summed E-state index contributed by atoms with van der Waals surface area (Å²) in [5.74, 6) is 1.97. The Morgan fingerprint density at radius 2 is 2.32 bits per heavy atom. The number of hydrogen-bond donors (Lipinski definition) is 1. The fourth-order valence-electron chi connectivity index (χ4n) is 4.25. The van der Waals surface area contributed by atoms with Gasteiger partial charge in [-0.2, -0.15) is 0 Å². The molecule has 19 heavy (non-hydrogen) atoms. The number of nitrogens with zero attached hydrogens (tertiary/aromatic N) is 3. The Hall–Kier alpha value is -0.870. The van der Waals surface area contributed by atoms with Gasteiger partial charge in [0.25, 0.3) is 0 Å². The Morgan fingerprint density at radius 1 is 1.42 bits per heavy atom. The van der Waals surface area contributed by atoms with Crippen LogP contribution in [0.2, 0.25) is 0 Å². The van der Waals surface area contributed by atoms with Crippen LogP contribution in [-0.4, -0.2) is 33.1 Å². The summed E-state index contributed by atoms with van der Waals surface area (Å²) in [6.07, 6.45) is 10.6. The summed E-state index contributed by atoms with van der Waals surface area (Å²) in [6, 6.07) is 0. The van der Waals surface area contributed by atoms with Gasteiger partial charge >= 0.3 is 0 Å². The molecule has 1 aromatic heterocycles. The van der Waals surface area contributed by atoms with Crippen LogP contribution in [0.3, 0.4) is 0 Å². The standard InChI is InChI=1S/C15H26N4/c1-2-13-5-3-4-6-15(13,12-16)19-10-9-18-8-7-17-14(18)11-19/h7-8,13H,2-6,9-12,16H2,1H3.